The van der Waals surface area contributed by atoms with Crippen LogP contribution in [0.1, 0.15) is 5.56 Å². The van der Waals surface area contributed by atoms with Crippen molar-refractivity contribution in [1.82, 2.24) is 13.7 Å². The van der Waals surface area contributed by atoms with E-state index in [0.717, 1.165) is 155 Å². The fourth-order valence-electron chi connectivity index (χ4n) is 14.2. The summed E-state index contributed by atoms with van der Waals surface area (Å²) in [6, 6.07) is 86.8. The highest BCUT2D eigenvalue weighted by Crippen LogP contribution is 2.48. The van der Waals surface area contributed by atoms with Crippen LogP contribution < -0.4 is 21.1 Å². The molecule has 0 unspecified atom stereocenters. The van der Waals surface area contributed by atoms with E-state index in [2.05, 4.69) is 232 Å². The SMILES string of the molecule is N#Cc1ccc(-c2cc3c4c(c2)-n2c5ccc6c7cc(-n8c9ccccc9c9ccccc98)ccc7oc6c5c5c6oc7ccc(-n8c9ccccc9c9ccccc98)cc7c6cc(c52)B4c2cc(-c4ccccc4)ccc2O3)cc1. The lowest BCUT2D eigenvalue weighted by atomic mass is 9.34. The topological polar surface area (TPSA) is 74.1 Å². The highest BCUT2D eigenvalue weighted by molar-refractivity contribution is 6.99. The summed E-state index contributed by atoms with van der Waals surface area (Å²) < 4.78 is 29.1. The number of ether oxygens (including phenoxy) is 1. The summed E-state index contributed by atoms with van der Waals surface area (Å²) in [6.07, 6.45) is 0. The number of aromatic nitrogens is 3. The summed E-state index contributed by atoms with van der Waals surface area (Å²) in [5.74, 6) is 1.61. The van der Waals surface area contributed by atoms with Gasteiger partial charge in [0.05, 0.1) is 55.5 Å². The second kappa shape index (κ2) is 15.6. The fraction of sp³-hybridized carbons (Fsp3) is 0. The molecule has 0 N–H and O–H groups in total. The smallest absolute Gasteiger partial charge is 0.256 e. The van der Waals surface area contributed by atoms with Crippen molar-refractivity contribution in [2.45, 2.75) is 0 Å². The van der Waals surface area contributed by atoms with E-state index in [1.54, 1.807) is 0 Å². The monoisotopic (exact) mass is 1030 g/mol. The first-order chi connectivity index (χ1) is 40.1. The fourth-order valence-corrected chi connectivity index (χ4v) is 14.2. The van der Waals surface area contributed by atoms with Gasteiger partial charge in [-0.3, -0.25) is 0 Å². The van der Waals surface area contributed by atoms with Crippen molar-refractivity contribution in [3.63, 3.8) is 0 Å². The normalized spacial score (nSPS) is 12.8. The van der Waals surface area contributed by atoms with Crippen molar-refractivity contribution in [2.75, 3.05) is 0 Å². The molecule has 0 bridgehead atoms. The molecule has 81 heavy (non-hydrogen) atoms. The van der Waals surface area contributed by atoms with Crippen LogP contribution in [0.3, 0.4) is 0 Å². The van der Waals surface area contributed by atoms with Gasteiger partial charge in [0.25, 0.3) is 6.71 Å². The summed E-state index contributed by atoms with van der Waals surface area (Å²) in [5, 5.41) is 20.8. The third-order valence-corrected chi connectivity index (χ3v) is 17.7. The second-order valence-electron chi connectivity index (χ2n) is 21.8. The summed E-state index contributed by atoms with van der Waals surface area (Å²) in [6.45, 7) is -0.230. The van der Waals surface area contributed by atoms with Crippen LogP contribution in [0.2, 0.25) is 0 Å². The highest BCUT2D eigenvalue weighted by atomic mass is 16.5. The second-order valence-corrected chi connectivity index (χ2v) is 21.8. The molecule has 5 aromatic heterocycles. The largest absolute Gasteiger partial charge is 0.458 e. The zero-order valence-electron chi connectivity index (χ0n) is 43.1. The molecule has 12 aromatic carbocycles. The van der Waals surface area contributed by atoms with Crippen LogP contribution in [0.15, 0.2) is 245 Å². The van der Waals surface area contributed by atoms with Gasteiger partial charge in [0, 0.05) is 60.2 Å². The van der Waals surface area contributed by atoms with E-state index in [1.165, 1.54) is 21.5 Å². The standard InChI is InChI=1S/C73H39BN4O3/c75-40-41-22-24-43(25-23-41)45-35-63-70-67(36-45)79-66-31-26-44(42-12-2-1-3-13-42)34-56(66)74(70)57-39-55-54-38-47(77-60-20-10-6-16-50(60)51-17-7-11-21-61(51)77)28-33-65(54)81-73(55)69-68-62(78(63)71(57)69)30-29-52-53-37-46(27-32-64(53)80-72(52)68)76-58-18-8-4-14-48(58)49-15-5-9-19-59(49)76/h1-39H. The van der Waals surface area contributed by atoms with Crippen molar-refractivity contribution in [2.24, 2.45) is 0 Å². The average molecular weight is 1030 g/mol. The van der Waals surface area contributed by atoms with Crippen LogP contribution in [0.25, 0.3) is 149 Å². The minimum absolute atomic E-state index is 0.230. The Bertz CT molecular complexity index is 5600. The lowest BCUT2D eigenvalue weighted by Gasteiger charge is -2.34. The minimum Gasteiger partial charge on any atom is -0.458 e. The number of nitrogens with zero attached hydrogens (tertiary/aromatic N) is 4. The summed E-state index contributed by atoms with van der Waals surface area (Å²) >= 11 is 0. The van der Waals surface area contributed by atoms with Gasteiger partial charge in [-0.2, -0.15) is 5.26 Å². The maximum atomic E-state index is 9.83. The first kappa shape index (κ1) is 43.0. The first-order valence-corrected chi connectivity index (χ1v) is 27.5. The van der Waals surface area contributed by atoms with Gasteiger partial charge in [0.1, 0.15) is 33.8 Å². The van der Waals surface area contributed by atoms with Gasteiger partial charge in [-0.1, -0.05) is 133 Å². The molecule has 0 saturated carbocycles. The molecule has 8 heteroatoms. The van der Waals surface area contributed by atoms with E-state index < -0.39 is 0 Å². The van der Waals surface area contributed by atoms with Crippen molar-refractivity contribution in [3.05, 3.63) is 242 Å². The van der Waals surface area contributed by atoms with E-state index in [0.29, 0.717) is 5.56 Å². The molecule has 0 atom stereocenters. The molecule has 372 valence electrons. The molecule has 0 saturated heterocycles. The number of fused-ring (bicyclic) bond motifs is 21. The molecule has 2 aliphatic rings. The Labute approximate surface area is 461 Å². The van der Waals surface area contributed by atoms with Crippen molar-refractivity contribution in [3.8, 4) is 56.9 Å². The third-order valence-electron chi connectivity index (χ3n) is 17.7. The van der Waals surface area contributed by atoms with Crippen molar-refractivity contribution in [1.29, 1.82) is 5.26 Å². The predicted molar refractivity (Wildman–Crippen MR) is 331 cm³/mol. The Hall–Kier alpha value is -11.0. The molecule has 0 aliphatic carbocycles. The maximum absolute atomic E-state index is 9.83. The van der Waals surface area contributed by atoms with Crippen LogP contribution >= 0.6 is 0 Å². The number of rotatable bonds is 4. The Morgan fingerprint density at radius 3 is 1.53 bits per heavy atom. The average Bonchev–Trinajstić information content (AvgIpc) is 2.57. The molecule has 17 aromatic rings. The zero-order valence-corrected chi connectivity index (χ0v) is 43.1. The number of hydrogen-bond donors (Lipinski definition) is 0. The predicted octanol–water partition coefficient (Wildman–Crippen LogP) is 16.9. The molecule has 19 rings (SSSR count). The zero-order chi connectivity index (χ0) is 52.8. The van der Waals surface area contributed by atoms with E-state index in [1.807, 2.05) is 24.3 Å². The number of hydrogen-bond acceptors (Lipinski definition) is 4. The van der Waals surface area contributed by atoms with E-state index in [-0.39, 0.29) is 6.71 Å². The molecule has 7 nitrogen and oxygen atoms in total. The van der Waals surface area contributed by atoms with Gasteiger partial charge in [0.15, 0.2) is 0 Å². The molecular weight excluding hydrogens is 992 g/mol. The van der Waals surface area contributed by atoms with Crippen molar-refractivity contribution >= 4 is 132 Å². The molecular formula is C73H39BN4O3. The van der Waals surface area contributed by atoms with Crippen molar-refractivity contribution < 1.29 is 13.6 Å². The number of benzene rings is 12. The first-order valence-electron chi connectivity index (χ1n) is 27.5. The van der Waals surface area contributed by atoms with Crippen LogP contribution in [-0.2, 0) is 0 Å². The van der Waals surface area contributed by atoms with Gasteiger partial charge in [-0.25, -0.2) is 0 Å². The Balaban J connectivity index is 0.950. The highest BCUT2D eigenvalue weighted by Gasteiger charge is 2.43. The number of nitriles is 1. The molecule has 2 aliphatic heterocycles. The summed E-state index contributed by atoms with van der Waals surface area (Å²) in [7, 11) is 0. The van der Waals surface area contributed by atoms with Gasteiger partial charge in [-0.15, -0.1) is 0 Å². The maximum Gasteiger partial charge on any atom is 0.256 e. The molecule has 0 radical (unpaired) electrons. The van der Waals surface area contributed by atoms with Gasteiger partial charge < -0.3 is 27.3 Å². The van der Waals surface area contributed by atoms with Crippen LogP contribution in [-0.4, -0.2) is 20.4 Å². The Kier molecular flexibility index (Phi) is 8.29. The summed E-state index contributed by atoms with van der Waals surface area (Å²) in [5.41, 5.74) is 21.2. The number of para-hydroxylation sites is 4. The quantitative estimate of drug-likeness (QED) is 0.165. The lowest BCUT2D eigenvalue weighted by Crippen LogP contribution is -2.58. The molecule has 7 heterocycles. The van der Waals surface area contributed by atoms with Crippen LogP contribution in [0.4, 0.5) is 0 Å². The van der Waals surface area contributed by atoms with E-state index in [4.69, 9.17) is 13.6 Å². The third kappa shape index (κ3) is 5.70. The van der Waals surface area contributed by atoms with E-state index >= 15 is 0 Å². The van der Waals surface area contributed by atoms with Gasteiger partial charge >= 0.3 is 0 Å². The number of furan rings is 2. The molecule has 0 fully saturated rings. The van der Waals surface area contributed by atoms with Gasteiger partial charge in [-0.05, 0) is 142 Å². The molecule has 0 amide bonds. The summed E-state index contributed by atoms with van der Waals surface area (Å²) in [4.78, 5) is 0. The minimum atomic E-state index is -0.230. The van der Waals surface area contributed by atoms with Crippen LogP contribution in [0, 0.1) is 11.3 Å². The molecule has 0 spiro atoms. The Morgan fingerprint density at radius 1 is 0.358 bits per heavy atom. The van der Waals surface area contributed by atoms with E-state index in [9.17, 15) is 5.26 Å². The lowest BCUT2D eigenvalue weighted by molar-refractivity contribution is 0.487. The Morgan fingerprint density at radius 2 is 0.914 bits per heavy atom. The van der Waals surface area contributed by atoms with Gasteiger partial charge in [0.2, 0.25) is 0 Å². The van der Waals surface area contributed by atoms with Crippen LogP contribution in [0.5, 0.6) is 11.5 Å².